The molecule has 0 radical (unpaired) electrons. The van der Waals surface area contributed by atoms with E-state index in [9.17, 15) is 8.42 Å². The van der Waals surface area contributed by atoms with E-state index in [0.29, 0.717) is 21.4 Å². The number of aryl methyl sites for hydroxylation is 2. The van der Waals surface area contributed by atoms with Crippen LogP contribution in [0, 0.1) is 13.8 Å². The summed E-state index contributed by atoms with van der Waals surface area (Å²) in [6.45, 7) is 3.64. The number of hydrogen-bond acceptors (Lipinski definition) is 3. The molecule has 2 aromatic carbocycles. The number of nitrogens with one attached hydrogen (secondary N) is 1. The van der Waals surface area contributed by atoms with Gasteiger partial charge in [-0.2, -0.15) is 0 Å². The molecule has 3 N–H and O–H groups in total. The van der Waals surface area contributed by atoms with Crippen molar-refractivity contribution in [3.05, 3.63) is 52.0 Å². The van der Waals surface area contributed by atoms with Gasteiger partial charge >= 0.3 is 0 Å². The van der Waals surface area contributed by atoms with Gasteiger partial charge in [0.1, 0.15) is 0 Å². The van der Waals surface area contributed by atoms with Gasteiger partial charge in [-0.1, -0.05) is 18.2 Å². The molecule has 0 aliphatic heterocycles. The number of anilines is 2. The summed E-state index contributed by atoms with van der Waals surface area (Å²) in [7, 11) is -3.66. The largest absolute Gasteiger partial charge is 0.397 e. The Balaban J connectivity index is 2.47. The lowest BCUT2D eigenvalue weighted by Crippen LogP contribution is -2.15. The summed E-state index contributed by atoms with van der Waals surface area (Å²) in [6, 6.07) is 10.3. The topological polar surface area (TPSA) is 72.2 Å². The van der Waals surface area contributed by atoms with E-state index in [4.69, 9.17) is 5.73 Å². The first-order valence-electron chi connectivity index (χ1n) is 5.95. The highest BCUT2D eigenvalue weighted by atomic mass is 79.9. The molecule has 0 fully saturated rings. The zero-order valence-electron chi connectivity index (χ0n) is 11.1. The van der Waals surface area contributed by atoms with E-state index >= 15 is 0 Å². The maximum Gasteiger partial charge on any atom is 0.262 e. The number of nitrogen functional groups attached to an aromatic ring is 1. The van der Waals surface area contributed by atoms with E-state index in [1.807, 2.05) is 13.0 Å². The summed E-state index contributed by atoms with van der Waals surface area (Å²) in [5.41, 5.74) is 8.27. The molecule has 0 aliphatic carbocycles. The van der Waals surface area contributed by atoms with Crippen molar-refractivity contribution in [3.8, 4) is 0 Å². The minimum atomic E-state index is -3.66. The SMILES string of the molecule is Cc1cc(N)c(NS(=O)(=O)c2ccccc2C)c(Br)c1. The van der Waals surface area contributed by atoms with Crippen molar-refractivity contribution < 1.29 is 8.42 Å². The van der Waals surface area contributed by atoms with Crippen molar-refractivity contribution in [1.82, 2.24) is 0 Å². The Hall–Kier alpha value is -1.53. The van der Waals surface area contributed by atoms with Gasteiger partial charge in [0.15, 0.2) is 0 Å². The molecule has 2 aromatic rings. The second-order valence-corrected chi connectivity index (χ2v) is 7.09. The third-order valence-corrected chi connectivity index (χ3v) is 5.02. The van der Waals surface area contributed by atoms with Gasteiger partial charge in [0, 0.05) is 4.47 Å². The highest BCUT2D eigenvalue weighted by molar-refractivity contribution is 9.10. The highest BCUT2D eigenvalue weighted by Gasteiger charge is 2.19. The number of hydrogen-bond donors (Lipinski definition) is 2. The molecule has 0 saturated carbocycles. The van der Waals surface area contributed by atoms with E-state index in [-0.39, 0.29) is 4.90 Å². The second kappa shape index (κ2) is 5.46. The summed E-state index contributed by atoms with van der Waals surface area (Å²) in [6.07, 6.45) is 0. The molecular weight excluding hydrogens is 340 g/mol. The Morgan fingerprint density at radius 1 is 1.15 bits per heavy atom. The van der Waals surface area contributed by atoms with Crippen molar-refractivity contribution in [2.24, 2.45) is 0 Å². The number of halogens is 1. The predicted molar refractivity (Wildman–Crippen MR) is 85.3 cm³/mol. The van der Waals surface area contributed by atoms with Gasteiger partial charge in [-0.05, 0) is 59.1 Å². The number of benzene rings is 2. The molecule has 20 heavy (non-hydrogen) atoms. The molecule has 2 rings (SSSR count). The van der Waals surface area contributed by atoms with Crippen LogP contribution >= 0.6 is 15.9 Å². The third kappa shape index (κ3) is 2.96. The Bertz CT molecular complexity index is 735. The first-order chi connectivity index (χ1) is 9.31. The van der Waals surface area contributed by atoms with Gasteiger partial charge in [-0.15, -0.1) is 0 Å². The van der Waals surface area contributed by atoms with Crippen LogP contribution in [-0.4, -0.2) is 8.42 Å². The average Bonchev–Trinajstić information content (AvgIpc) is 2.34. The van der Waals surface area contributed by atoms with Crippen LogP contribution < -0.4 is 10.5 Å². The van der Waals surface area contributed by atoms with Crippen molar-refractivity contribution >= 4 is 37.3 Å². The average molecular weight is 355 g/mol. The Labute approximate surface area is 127 Å². The smallest absolute Gasteiger partial charge is 0.262 e. The maximum atomic E-state index is 12.4. The van der Waals surface area contributed by atoms with Crippen molar-refractivity contribution in [1.29, 1.82) is 0 Å². The molecule has 0 saturated heterocycles. The summed E-state index contributed by atoms with van der Waals surface area (Å²) < 4.78 is 28.0. The number of nitrogens with two attached hydrogens (primary N) is 1. The van der Waals surface area contributed by atoms with Gasteiger partial charge in [0.25, 0.3) is 10.0 Å². The zero-order valence-corrected chi connectivity index (χ0v) is 13.5. The van der Waals surface area contributed by atoms with Crippen LogP contribution in [0.15, 0.2) is 45.8 Å². The molecule has 0 spiro atoms. The monoisotopic (exact) mass is 354 g/mol. The first-order valence-corrected chi connectivity index (χ1v) is 8.23. The fourth-order valence-corrected chi connectivity index (χ4v) is 4.10. The Morgan fingerprint density at radius 2 is 1.80 bits per heavy atom. The zero-order chi connectivity index (χ0) is 14.9. The summed E-state index contributed by atoms with van der Waals surface area (Å²) in [4.78, 5) is 0.242. The minimum Gasteiger partial charge on any atom is -0.397 e. The molecule has 0 amide bonds. The highest BCUT2D eigenvalue weighted by Crippen LogP contribution is 2.32. The van der Waals surface area contributed by atoms with Gasteiger partial charge in [-0.25, -0.2) is 8.42 Å². The van der Waals surface area contributed by atoms with Crippen LogP contribution in [0.3, 0.4) is 0 Å². The van der Waals surface area contributed by atoms with Gasteiger partial charge in [0.2, 0.25) is 0 Å². The van der Waals surface area contributed by atoms with E-state index < -0.39 is 10.0 Å². The lowest BCUT2D eigenvalue weighted by Gasteiger charge is -2.14. The minimum absolute atomic E-state index is 0.242. The molecule has 0 bridgehead atoms. The summed E-state index contributed by atoms with van der Waals surface area (Å²) >= 11 is 3.33. The molecule has 0 aliphatic rings. The molecule has 6 heteroatoms. The summed E-state index contributed by atoms with van der Waals surface area (Å²) in [5.74, 6) is 0. The maximum absolute atomic E-state index is 12.4. The van der Waals surface area contributed by atoms with Crippen LogP contribution in [0.5, 0.6) is 0 Å². The number of rotatable bonds is 3. The summed E-state index contributed by atoms with van der Waals surface area (Å²) in [5, 5.41) is 0. The first kappa shape index (κ1) is 14.9. The Kier molecular flexibility index (Phi) is 4.06. The standard InChI is InChI=1S/C14H15BrN2O2S/c1-9-7-11(15)14(12(16)8-9)17-20(18,19)13-6-4-3-5-10(13)2/h3-8,17H,16H2,1-2H3. The molecule has 4 nitrogen and oxygen atoms in total. The van der Waals surface area contributed by atoms with Crippen LogP contribution in [-0.2, 0) is 10.0 Å². The normalized spacial score (nSPS) is 11.3. The second-order valence-electron chi connectivity index (χ2n) is 4.58. The van der Waals surface area contributed by atoms with E-state index in [0.717, 1.165) is 5.56 Å². The van der Waals surface area contributed by atoms with Crippen molar-refractivity contribution in [3.63, 3.8) is 0 Å². The Morgan fingerprint density at radius 3 is 2.40 bits per heavy atom. The van der Waals surface area contributed by atoms with E-state index in [2.05, 4.69) is 20.7 Å². The quantitative estimate of drug-likeness (QED) is 0.829. The van der Waals surface area contributed by atoms with Gasteiger partial charge < -0.3 is 5.73 Å². The van der Waals surface area contributed by atoms with Crippen molar-refractivity contribution in [2.45, 2.75) is 18.7 Å². The van der Waals surface area contributed by atoms with E-state index in [1.165, 1.54) is 0 Å². The molecule has 106 valence electrons. The molecule has 0 aromatic heterocycles. The van der Waals surface area contributed by atoms with Gasteiger partial charge in [0.05, 0.1) is 16.3 Å². The fourth-order valence-electron chi connectivity index (χ4n) is 1.92. The molecular formula is C14H15BrN2O2S. The molecule has 0 atom stereocenters. The van der Waals surface area contributed by atoms with Crippen LogP contribution in [0.4, 0.5) is 11.4 Å². The fraction of sp³-hybridized carbons (Fsp3) is 0.143. The van der Waals surface area contributed by atoms with Gasteiger partial charge in [-0.3, -0.25) is 4.72 Å². The van der Waals surface area contributed by atoms with E-state index in [1.54, 1.807) is 37.3 Å². The van der Waals surface area contributed by atoms with Crippen LogP contribution in [0.2, 0.25) is 0 Å². The lowest BCUT2D eigenvalue weighted by atomic mass is 10.2. The van der Waals surface area contributed by atoms with Crippen molar-refractivity contribution in [2.75, 3.05) is 10.5 Å². The number of sulfonamides is 1. The third-order valence-electron chi connectivity index (χ3n) is 2.88. The van der Waals surface area contributed by atoms with Crippen LogP contribution in [0.25, 0.3) is 0 Å². The van der Waals surface area contributed by atoms with Crippen LogP contribution in [0.1, 0.15) is 11.1 Å². The lowest BCUT2D eigenvalue weighted by molar-refractivity contribution is 0.600. The predicted octanol–water partition coefficient (Wildman–Crippen LogP) is 3.45. The molecule has 0 unspecified atom stereocenters. The molecule has 0 heterocycles.